The molecule has 0 aliphatic heterocycles. The van der Waals surface area contributed by atoms with E-state index in [2.05, 4.69) is 20.8 Å². The topological polar surface area (TPSA) is 26.3 Å². The predicted molar refractivity (Wildman–Crippen MR) is 165 cm³/mol. The van der Waals surface area contributed by atoms with Crippen molar-refractivity contribution in [3.05, 3.63) is 0 Å². The molecule has 222 valence electrons. The lowest BCUT2D eigenvalue weighted by Gasteiger charge is -2.06. The van der Waals surface area contributed by atoms with Crippen LogP contribution in [0.3, 0.4) is 0 Å². The molecule has 2 heteroatoms. The quantitative estimate of drug-likeness (QED) is 0.0668. The molecule has 37 heavy (non-hydrogen) atoms. The third kappa shape index (κ3) is 33.4. The second-order valence-corrected chi connectivity index (χ2v) is 12.3. The molecule has 0 radical (unpaired) electrons. The van der Waals surface area contributed by atoms with Gasteiger partial charge in [-0.05, 0) is 18.8 Å². The fraction of sp³-hybridized carbons (Fsp3) is 0.971. The fourth-order valence-electron chi connectivity index (χ4n) is 5.32. The molecule has 0 aromatic carbocycles. The average molecular weight is 523 g/mol. The third-order valence-electron chi connectivity index (χ3n) is 7.92. The molecular weight excluding hydrogens is 452 g/mol. The van der Waals surface area contributed by atoms with Crippen LogP contribution in [0.25, 0.3) is 0 Å². The summed E-state index contributed by atoms with van der Waals surface area (Å²) in [5.74, 6) is 0.878. The first-order valence-electron chi connectivity index (χ1n) is 17.3. The Bertz CT molecular complexity index is 431. The largest absolute Gasteiger partial charge is 0.466 e. The van der Waals surface area contributed by atoms with Gasteiger partial charge in [-0.25, -0.2) is 0 Å². The predicted octanol–water partition coefficient (Wildman–Crippen LogP) is 12.5. The lowest BCUT2D eigenvalue weighted by atomic mass is 10.0. The molecule has 0 atom stereocenters. The summed E-state index contributed by atoms with van der Waals surface area (Å²) >= 11 is 0. The zero-order chi connectivity index (χ0) is 27.1. The van der Waals surface area contributed by atoms with E-state index in [1.807, 2.05) is 0 Å². The van der Waals surface area contributed by atoms with Gasteiger partial charge in [-0.3, -0.25) is 4.79 Å². The van der Waals surface area contributed by atoms with E-state index < -0.39 is 0 Å². The lowest BCUT2D eigenvalue weighted by Crippen LogP contribution is -2.05. The number of hydrogen-bond acceptors (Lipinski definition) is 2. The Morgan fingerprint density at radius 1 is 0.459 bits per heavy atom. The molecule has 0 aromatic rings. The van der Waals surface area contributed by atoms with Crippen molar-refractivity contribution < 1.29 is 9.53 Å². The Kier molecular flexibility index (Phi) is 31.2. The molecule has 0 amide bonds. The molecule has 0 rings (SSSR count). The van der Waals surface area contributed by atoms with E-state index in [1.54, 1.807) is 0 Å². The van der Waals surface area contributed by atoms with Gasteiger partial charge in [0.25, 0.3) is 0 Å². The summed E-state index contributed by atoms with van der Waals surface area (Å²) in [7, 11) is 0. The Hall–Kier alpha value is -0.530. The monoisotopic (exact) mass is 523 g/mol. The van der Waals surface area contributed by atoms with Crippen LogP contribution in [-0.2, 0) is 9.53 Å². The number of carbonyl (C=O) groups excluding carboxylic acids is 1. The molecule has 0 saturated carbocycles. The van der Waals surface area contributed by atoms with Gasteiger partial charge >= 0.3 is 5.97 Å². The maximum atomic E-state index is 11.9. The van der Waals surface area contributed by atoms with E-state index in [0.717, 1.165) is 18.8 Å². The summed E-state index contributed by atoms with van der Waals surface area (Å²) in [6, 6.07) is 0. The molecule has 0 spiro atoms. The van der Waals surface area contributed by atoms with Crippen LogP contribution in [0.5, 0.6) is 0 Å². The zero-order valence-electron chi connectivity index (χ0n) is 26.1. The highest BCUT2D eigenvalue weighted by Crippen LogP contribution is 2.15. The van der Waals surface area contributed by atoms with E-state index in [9.17, 15) is 4.79 Å². The van der Waals surface area contributed by atoms with Gasteiger partial charge in [0.15, 0.2) is 0 Å². The van der Waals surface area contributed by atoms with Gasteiger partial charge in [0.1, 0.15) is 0 Å². The van der Waals surface area contributed by atoms with Crippen molar-refractivity contribution in [3.8, 4) is 0 Å². The first-order valence-corrected chi connectivity index (χ1v) is 17.3. The Morgan fingerprint density at radius 3 is 1.16 bits per heavy atom. The van der Waals surface area contributed by atoms with Gasteiger partial charge in [-0.2, -0.15) is 0 Å². The number of unbranched alkanes of at least 4 members (excludes halogenated alkanes) is 25. The molecule has 0 fully saturated rings. The number of hydrogen-bond donors (Lipinski definition) is 0. The molecule has 0 N–H and O–H groups in total. The summed E-state index contributed by atoms with van der Waals surface area (Å²) in [6.07, 6.45) is 38.8. The standard InChI is InChI=1S/C35H70O2/c1-4-5-6-7-8-9-10-11-12-13-14-15-16-17-18-19-23-26-29-32-35(36)37-33-30-27-24-21-20-22-25-28-31-34(2)3/h34H,4-33H2,1-3H3. The lowest BCUT2D eigenvalue weighted by molar-refractivity contribution is -0.143. The van der Waals surface area contributed by atoms with Crippen LogP contribution < -0.4 is 0 Å². The molecule has 0 bridgehead atoms. The summed E-state index contributed by atoms with van der Waals surface area (Å²) in [5, 5.41) is 0. The van der Waals surface area contributed by atoms with Gasteiger partial charge in [-0.1, -0.05) is 188 Å². The highest BCUT2D eigenvalue weighted by atomic mass is 16.5. The maximum Gasteiger partial charge on any atom is 0.305 e. The summed E-state index contributed by atoms with van der Waals surface area (Å²) in [5.41, 5.74) is 0. The van der Waals surface area contributed by atoms with Crippen LogP contribution in [0.1, 0.15) is 207 Å². The van der Waals surface area contributed by atoms with Crippen LogP contribution in [0, 0.1) is 5.92 Å². The highest BCUT2D eigenvalue weighted by Gasteiger charge is 2.03. The summed E-state index contributed by atoms with van der Waals surface area (Å²) < 4.78 is 5.42. The van der Waals surface area contributed by atoms with E-state index in [1.165, 1.54) is 167 Å². The second kappa shape index (κ2) is 31.7. The van der Waals surface area contributed by atoms with Gasteiger partial charge in [0.05, 0.1) is 6.61 Å². The number of carbonyl (C=O) groups is 1. The molecule has 0 aromatic heterocycles. The van der Waals surface area contributed by atoms with Crippen molar-refractivity contribution in [1.82, 2.24) is 0 Å². The van der Waals surface area contributed by atoms with E-state index >= 15 is 0 Å². The van der Waals surface area contributed by atoms with Gasteiger partial charge < -0.3 is 4.74 Å². The molecule has 0 saturated heterocycles. The zero-order valence-corrected chi connectivity index (χ0v) is 26.1. The first kappa shape index (κ1) is 36.5. The Morgan fingerprint density at radius 2 is 0.784 bits per heavy atom. The van der Waals surface area contributed by atoms with E-state index in [-0.39, 0.29) is 5.97 Å². The van der Waals surface area contributed by atoms with Crippen LogP contribution in [0.2, 0.25) is 0 Å². The van der Waals surface area contributed by atoms with Crippen LogP contribution >= 0.6 is 0 Å². The molecule has 0 aliphatic carbocycles. The molecule has 0 aliphatic rings. The SMILES string of the molecule is CCCCCCCCCCCCCCCCCCCCCC(=O)OCCCCCCCCCCC(C)C. The minimum atomic E-state index is 0.0251. The smallest absolute Gasteiger partial charge is 0.305 e. The number of ether oxygens (including phenoxy) is 1. The Labute approximate surface area is 234 Å². The van der Waals surface area contributed by atoms with Gasteiger partial charge in [0.2, 0.25) is 0 Å². The summed E-state index contributed by atoms with van der Waals surface area (Å²) in [6.45, 7) is 7.56. The van der Waals surface area contributed by atoms with Crippen molar-refractivity contribution >= 4 is 5.97 Å². The summed E-state index contributed by atoms with van der Waals surface area (Å²) in [4.78, 5) is 11.9. The second-order valence-electron chi connectivity index (χ2n) is 12.3. The van der Waals surface area contributed by atoms with Crippen molar-refractivity contribution in [2.75, 3.05) is 6.61 Å². The molecular formula is C35H70O2. The maximum absolute atomic E-state index is 11.9. The molecule has 0 heterocycles. The van der Waals surface area contributed by atoms with Crippen LogP contribution in [0.15, 0.2) is 0 Å². The fourth-order valence-corrected chi connectivity index (χ4v) is 5.32. The van der Waals surface area contributed by atoms with Gasteiger partial charge in [0, 0.05) is 6.42 Å². The number of esters is 1. The average Bonchev–Trinajstić information content (AvgIpc) is 2.88. The van der Waals surface area contributed by atoms with Crippen LogP contribution in [-0.4, -0.2) is 12.6 Å². The molecule has 2 nitrogen and oxygen atoms in total. The van der Waals surface area contributed by atoms with Gasteiger partial charge in [-0.15, -0.1) is 0 Å². The minimum absolute atomic E-state index is 0.0251. The number of rotatable bonds is 31. The van der Waals surface area contributed by atoms with E-state index in [4.69, 9.17) is 4.74 Å². The minimum Gasteiger partial charge on any atom is -0.466 e. The normalized spacial score (nSPS) is 11.5. The first-order chi connectivity index (χ1) is 18.2. The highest BCUT2D eigenvalue weighted by molar-refractivity contribution is 5.69. The molecule has 0 unspecified atom stereocenters. The van der Waals surface area contributed by atoms with Crippen molar-refractivity contribution in [2.45, 2.75) is 207 Å². The Balaban J connectivity index is 3.14. The van der Waals surface area contributed by atoms with Crippen molar-refractivity contribution in [3.63, 3.8) is 0 Å². The van der Waals surface area contributed by atoms with Crippen LogP contribution in [0.4, 0.5) is 0 Å². The third-order valence-corrected chi connectivity index (χ3v) is 7.92. The van der Waals surface area contributed by atoms with E-state index in [0.29, 0.717) is 13.0 Å². The van der Waals surface area contributed by atoms with Crippen molar-refractivity contribution in [1.29, 1.82) is 0 Å². The van der Waals surface area contributed by atoms with Crippen molar-refractivity contribution in [2.24, 2.45) is 5.92 Å².